The SMILES string of the molecule is CCCCCC/C=C/CCCCCCO[C@@H]1[C@@H](O)[C@H](O)CO[C@H]1CO. The second-order valence-electron chi connectivity index (χ2n) is 6.97. The number of hydrogen-bond donors (Lipinski definition) is 3. The fourth-order valence-corrected chi connectivity index (χ4v) is 3.08. The second-order valence-corrected chi connectivity index (χ2v) is 6.97. The van der Waals surface area contributed by atoms with E-state index < -0.39 is 24.4 Å². The molecule has 1 saturated heterocycles. The van der Waals surface area contributed by atoms with Crippen molar-refractivity contribution in [2.24, 2.45) is 0 Å². The monoisotopic (exact) mass is 358 g/mol. The molecule has 25 heavy (non-hydrogen) atoms. The van der Waals surface area contributed by atoms with Crippen LogP contribution in [-0.4, -0.2) is 59.6 Å². The predicted molar refractivity (Wildman–Crippen MR) is 99.6 cm³/mol. The largest absolute Gasteiger partial charge is 0.394 e. The van der Waals surface area contributed by atoms with Crippen molar-refractivity contribution in [3.05, 3.63) is 12.2 Å². The molecular weight excluding hydrogens is 320 g/mol. The molecule has 1 rings (SSSR count). The van der Waals surface area contributed by atoms with Crippen molar-refractivity contribution in [2.75, 3.05) is 19.8 Å². The van der Waals surface area contributed by atoms with Gasteiger partial charge in [-0.1, -0.05) is 51.2 Å². The first-order chi connectivity index (χ1) is 12.2. The smallest absolute Gasteiger partial charge is 0.114 e. The first kappa shape index (κ1) is 22.6. The van der Waals surface area contributed by atoms with Crippen molar-refractivity contribution in [3.8, 4) is 0 Å². The summed E-state index contributed by atoms with van der Waals surface area (Å²) in [6, 6.07) is 0. The van der Waals surface area contributed by atoms with Gasteiger partial charge in [0.1, 0.15) is 24.4 Å². The van der Waals surface area contributed by atoms with Crippen molar-refractivity contribution in [3.63, 3.8) is 0 Å². The zero-order valence-corrected chi connectivity index (χ0v) is 15.8. The number of rotatable bonds is 14. The van der Waals surface area contributed by atoms with Crippen LogP contribution in [0.25, 0.3) is 0 Å². The van der Waals surface area contributed by atoms with Crippen LogP contribution in [0.5, 0.6) is 0 Å². The van der Waals surface area contributed by atoms with Crippen LogP contribution in [0.4, 0.5) is 0 Å². The molecule has 1 heterocycles. The van der Waals surface area contributed by atoms with Crippen molar-refractivity contribution in [1.82, 2.24) is 0 Å². The Morgan fingerprint density at radius 3 is 2.24 bits per heavy atom. The normalized spacial score (nSPS) is 27.2. The molecule has 5 nitrogen and oxygen atoms in total. The second kappa shape index (κ2) is 14.7. The molecule has 3 N–H and O–H groups in total. The fraction of sp³-hybridized carbons (Fsp3) is 0.900. The molecule has 0 amide bonds. The average Bonchev–Trinajstić information content (AvgIpc) is 2.62. The summed E-state index contributed by atoms with van der Waals surface area (Å²) < 4.78 is 10.9. The lowest BCUT2D eigenvalue weighted by molar-refractivity contribution is -0.211. The third-order valence-electron chi connectivity index (χ3n) is 4.72. The Kier molecular flexibility index (Phi) is 13.3. The molecule has 0 spiro atoms. The van der Waals surface area contributed by atoms with Gasteiger partial charge < -0.3 is 24.8 Å². The first-order valence-corrected chi connectivity index (χ1v) is 10.1. The van der Waals surface area contributed by atoms with E-state index in [0.29, 0.717) is 6.61 Å². The van der Waals surface area contributed by atoms with Gasteiger partial charge in [-0.05, 0) is 32.1 Å². The number of unbranched alkanes of at least 4 members (excludes halogenated alkanes) is 8. The molecule has 1 aliphatic heterocycles. The van der Waals surface area contributed by atoms with Gasteiger partial charge in [-0.3, -0.25) is 0 Å². The summed E-state index contributed by atoms with van der Waals surface area (Å²) in [6.45, 7) is 2.58. The molecule has 0 unspecified atom stereocenters. The summed E-state index contributed by atoms with van der Waals surface area (Å²) in [5, 5.41) is 28.8. The van der Waals surface area contributed by atoms with Crippen molar-refractivity contribution >= 4 is 0 Å². The van der Waals surface area contributed by atoms with Gasteiger partial charge in [0.25, 0.3) is 0 Å². The molecule has 148 valence electrons. The van der Waals surface area contributed by atoms with Crippen LogP contribution in [-0.2, 0) is 9.47 Å². The van der Waals surface area contributed by atoms with E-state index in [1.165, 1.54) is 44.9 Å². The van der Waals surface area contributed by atoms with E-state index in [-0.39, 0.29) is 13.2 Å². The minimum atomic E-state index is -0.992. The molecule has 0 saturated carbocycles. The highest BCUT2D eigenvalue weighted by Crippen LogP contribution is 2.19. The van der Waals surface area contributed by atoms with E-state index in [1.807, 2.05) is 0 Å². The highest BCUT2D eigenvalue weighted by molar-refractivity contribution is 4.87. The van der Waals surface area contributed by atoms with Gasteiger partial charge in [-0.25, -0.2) is 0 Å². The topological polar surface area (TPSA) is 79.2 Å². The van der Waals surface area contributed by atoms with E-state index in [0.717, 1.165) is 19.3 Å². The highest BCUT2D eigenvalue weighted by Gasteiger charge is 2.39. The number of allylic oxidation sites excluding steroid dienone is 2. The molecule has 1 fully saturated rings. The van der Waals surface area contributed by atoms with E-state index in [1.54, 1.807) is 0 Å². The maximum atomic E-state index is 9.96. The zero-order valence-electron chi connectivity index (χ0n) is 15.8. The minimum Gasteiger partial charge on any atom is -0.394 e. The predicted octanol–water partition coefficient (Wildman–Crippen LogP) is 2.96. The first-order valence-electron chi connectivity index (χ1n) is 10.1. The van der Waals surface area contributed by atoms with E-state index in [4.69, 9.17) is 9.47 Å². The maximum absolute atomic E-state index is 9.96. The summed E-state index contributed by atoms with van der Waals surface area (Å²) in [5.41, 5.74) is 0. The number of aliphatic hydroxyl groups excluding tert-OH is 3. The molecular formula is C20H38O5. The van der Waals surface area contributed by atoms with Crippen LogP contribution in [0, 0.1) is 0 Å². The number of aliphatic hydroxyl groups is 3. The van der Waals surface area contributed by atoms with Crippen LogP contribution < -0.4 is 0 Å². The molecule has 0 radical (unpaired) electrons. The van der Waals surface area contributed by atoms with Crippen molar-refractivity contribution < 1.29 is 24.8 Å². The Hall–Kier alpha value is -0.460. The Balaban J connectivity index is 1.98. The third kappa shape index (κ3) is 9.71. The molecule has 0 aromatic carbocycles. The number of ether oxygens (including phenoxy) is 2. The van der Waals surface area contributed by atoms with Gasteiger partial charge >= 0.3 is 0 Å². The molecule has 0 aromatic rings. The minimum absolute atomic E-state index is 0.0401. The zero-order chi connectivity index (χ0) is 18.3. The Morgan fingerprint density at radius 2 is 1.60 bits per heavy atom. The fourth-order valence-electron chi connectivity index (χ4n) is 3.08. The van der Waals surface area contributed by atoms with Crippen LogP contribution in [0.3, 0.4) is 0 Å². The van der Waals surface area contributed by atoms with Crippen LogP contribution in [0.1, 0.15) is 71.1 Å². The quantitative estimate of drug-likeness (QED) is 0.329. The standard InChI is InChI=1S/C20H38O5/c1-2-3-4-5-6-7-8-9-10-11-12-13-14-24-20-18(15-21)25-16-17(22)19(20)23/h7-8,17-23H,2-6,9-16H2,1H3/b8-7+/t17-,18+,19+,20+/m1/s1. The lowest BCUT2D eigenvalue weighted by Crippen LogP contribution is -2.55. The third-order valence-corrected chi connectivity index (χ3v) is 4.72. The molecule has 0 aromatic heterocycles. The van der Waals surface area contributed by atoms with Crippen LogP contribution in [0.15, 0.2) is 12.2 Å². The van der Waals surface area contributed by atoms with Gasteiger partial charge in [0.15, 0.2) is 0 Å². The maximum Gasteiger partial charge on any atom is 0.114 e. The van der Waals surface area contributed by atoms with E-state index in [9.17, 15) is 15.3 Å². The lowest BCUT2D eigenvalue weighted by Gasteiger charge is -2.37. The summed E-state index contributed by atoms with van der Waals surface area (Å²) in [6.07, 6.45) is 13.5. The van der Waals surface area contributed by atoms with Gasteiger partial charge in [0.05, 0.1) is 13.2 Å². The summed E-state index contributed by atoms with van der Waals surface area (Å²) in [4.78, 5) is 0. The summed E-state index contributed by atoms with van der Waals surface area (Å²) in [5.74, 6) is 0. The van der Waals surface area contributed by atoms with Gasteiger partial charge in [-0.2, -0.15) is 0 Å². The lowest BCUT2D eigenvalue weighted by atomic mass is 10.0. The number of hydrogen-bond acceptors (Lipinski definition) is 5. The van der Waals surface area contributed by atoms with E-state index in [2.05, 4.69) is 19.1 Å². The molecule has 5 heteroatoms. The highest BCUT2D eigenvalue weighted by atomic mass is 16.6. The average molecular weight is 359 g/mol. The molecule has 1 aliphatic rings. The van der Waals surface area contributed by atoms with E-state index >= 15 is 0 Å². The Morgan fingerprint density at radius 1 is 0.960 bits per heavy atom. The van der Waals surface area contributed by atoms with Crippen LogP contribution >= 0.6 is 0 Å². The Bertz CT molecular complexity index is 332. The van der Waals surface area contributed by atoms with Crippen molar-refractivity contribution in [2.45, 2.75) is 95.5 Å². The molecule has 0 aliphatic carbocycles. The summed E-state index contributed by atoms with van der Waals surface area (Å²) >= 11 is 0. The van der Waals surface area contributed by atoms with Gasteiger partial charge in [0, 0.05) is 6.61 Å². The van der Waals surface area contributed by atoms with Crippen molar-refractivity contribution in [1.29, 1.82) is 0 Å². The molecule has 0 bridgehead atoms. The Labute approximate surface area is 153 Å². The van der Waals surface area contributed by atoms with Gasteiger partial charge in [-0.15, -0.1) is 0 Å². The van der Waals surface area contributed by atoms with Crippen LogP contribution in [0.2, 0.25) is 0 Å². The molecule has 4 atom stereocenters. The van der Waals surface area contributed by atoms with Gasteiger partial charge in [0.2, 0.25) is 0 Å². The summed E-state index contributed by atoms with van der Waals surface area (Å²) in [7, 11) is 0.